The maximum absolute atomic E-state index is 12.7. The van der Waals surface area contributed by atoms with Gasteiger partial charge in [0.25, 0.3) is 0 Å². The van der Waals surface area contributed by atoms with Gasteiger partial charge in [-0.1, -0.05) is 47.5 Å². The molecule has 1 saturated carbocycles. The lowest BCUT2D eigenvalue weighted by Crippen LogP contribution is -2.15. The first-order valence-electron chi connectivity index (χ1n) is 7.04. The average Bonchev–Trinajstić information content (AvgIpc) is 3.12. The van der Waals surface area contributed by atoms with Crippen LogP contribution >= 0.6 is 0 Å². The van der Waals surface area contributed by atoms with Crippen LogP contribution in [0.5, 0.6) is 0 Å². The molecule has 0 spiro atoms. The Morgan fingerprint density at radius 3 is 1.86 bits per heavy atom. The summed E-state index contributed by atoms with van der Waals surface area (Å²) >= 11 is 0. The lowest BCUT2D eigenvalue weighted by Gasteiger charge is -2.05. The van der Waals surface area contributed by atoms with Crippen molar-refractivity contribution in [1.82, 2.24) is 0 Å². The van der Waals surface area contributed by atoms with E-state index in [2.05, 4.69) is 0 Å². The molecule has 0 aromatic heterocycles. The Labute approximate surface area is 125 Å². The van der Waals surface area contributed by atoms with Crippen LogP contribution in [0.2, 0.25) is 0 Å². The Kier molecular flexibility index (Phi) is 3.38. The molecule has 3 atom stereocenters. The highest BCUT2D eigenvalue weighted by Crippen LogP contribution is 2.47. The van der Waals surface area contributed by atoms with E-state index in [1.165, 1.54) is 0 Å². The lowest BCUT2D eigenvalue weighted by atomic mass is 10.1. The summed E-state index contributed by atoms with van der Waals surface area (Å²) in [5.41, 5.74) is 9.27. The number of hydrogen-bond acceptors (Lipinski definition) is 3. The fourth-order valence-electron chi connectivity index (χ4n) is 2.79. The second-order valence-corrected chi connectivity index (χ2v) is 7.94. The van der Waals surface area contributed by atoms with Crippen molar-refractivity contribution < 1.29 is 8.42 Å². The van der Waals surface area contributed by atoms with E-state index in [1.54, 1.807) is 12.1 Å². The molecule has 110 valence electrons. The first-order valence-corrected chi connectivity index (χ1v) is 8.58. The number of rotatable bonds is 3. The number of aryl methyl sites for hydroxylation is 2. The molecule has 3 nitrogen and oxygen atoms in total. The summed E-state index contributed by atoms with van der Waals surface area (Å²) in [5, 5.41) is -0.511. The van der Waals surface area contributed by atoms with Gasteiger partial charge < -0.3 is 5.73 Å². The molecule has 0 aliphatic heterocycles. The van der Waals surface area contributed by atoms with E-state index >= 15 is 0 Å². The summed E-state index contributed by atoms with van der Waals surface area (Å²) in [4.78, 5) is 0.364. The van der Waals surface area contributed by atoms with Gasteiger partial charge in [-0.05, 0) is 31.5 Å². The Morgan fingerprint density at radius 1 is 0.857 bits per heavy atom. The zero-order valence-corrected chi connectivity index (χ0v) is 13.0. The van der Waals surface area contributed by atoms with Gasteiger partial charge in [-0.25, -0.2) is 8.42 Å². The second kappa shape index (κ2) is 4.97. The highest BCUT2D eigenvalue weighted by atomic mass is 32.2. The smallest absolute Gasteiger partial charge is 0.183 e. The molecule has 0 saturated heterocycles. The molecule has 21 heavy (non-hydrogen) atoms. The van der Waals surface area contributed by atoms with Gasteiger partial charge in [0, 0.05) is 12.0 Å². The fourth-order valence-corrected chi connectivity index (χ4v) is 4.84. The largest absolute Gasteiger partial charge is 0.326 e. The molecule has 2 N–H and O–H groups in total. The van der Waals surface area contributed by atoms with E-state index in [9.17, 15) is 8.42 Å². The van der Waals surface area contributed by atoms with Gasteiger partial charge in [0.2, 0.25) is 0 Å². The van der Waals surface area contributed by atoms with Gasteiger partial charge in [-0.2, -0.15) is 0 Å². The molecule has 0 radical (unpaired) electrons. The first kappa shape index (κ1) is 14.3. The maximum Gasteiger partial charge on any atom is 0.183 e. The van der Waals surface area contributed by atoms with Crippen molar-refractivity contribution in [1.29, 1.82) is 0 Å². The zero-order valence-electron chi connectivity index (χ0n) is 12.2. The van der Waals surface area contributed by atoms with Crippen molar-refractivity contribution >= 4 is 9.84 Å². The van der Waals surface area contributed by atoms with Crippen LogP contribution in [0.15, 0.2) is 53.4 Å². The Morgan fingerprint density at radius 2 is 1.33 bits per heavy atom. The van der Waals surface area contributed by atoms with Gasteiger partial charge in [0.05, 0.1) is 10.1 Å². The summed E-state index contributed by atoms with van der Waals surface area (Å²) in [6.45, 7) is 3.95. The van der Waals surface area contributed by atoms with E-state index in [-0.39, 0.29) is 12.0 Å². The van der Waals surface area contributed by atoms with Crippen LogP contribution in [0, 0.1) is 13.8 Å². The molecule has 0 bridgehead atoms. The second-order valence-electron chi connectivity index (χ2n) is 5.84. The molecular weight excluding hydrogens is 282 g/mol. The molecular formula is C17H19NO2S. The monoisotopic (exact) mass is 301 g/mol. The van der Waals surface area contributed by atoms with Crippen LogP contribution in [0.3, 0.4) is 0 Å². The molecule has 2 aromatic rings. The van der Waals surface area contributed by atoms with E-state index in [1.807, 2.05) is 50.2 Å². The van der Waals surface area contributed by atoms with Crippen LogP contribution in [-0.4, -0.2) is 19.7 Å². The van der Waals surface area contributed by atoms with Crippen molar-refractivity contribution in [2.75, 3.05) is 0 Å². The van der Waals surface area contributed by atoms with Crippen LogP contribution < -0.4 is 5.73 Å². The molecule has 2 aromatic carbocycles. The minimum atomic E-state index is -3.36. The van der Waals surface area contributed by atoms with Crippen LogP contribution in [0.25, 0.3) is 0 Å². The molecule has 4 heteroatoms. The molecule has 3 rings (SSSR count). The van der Waals surface area contributed by atoms with Gasteiger partial charge in [-0.3, -0.25) is 0 Å². The third kappa shape index (κ3) is 2.49. The minimum absolute atomic E-state index is 0.100. The SMILES string of the molecule is Cc1ccc(C2C(N)C2S(=O)(=O)c2ccc(C)cc2)cc1. The predicted octanol–water partition coefficient (Wildman–Crippen LogP) is 2.57. The summed E-state index contributed by atoms with van der Waals surface area (Å²) in [5.74, 6) is -0.100. The number of hydrogen-bond donors (Lipinski definition) is 1. The van der Waals surface area contributed by atoms with Crippen molar-refractivity contribution in [3.63, 3.8) is 0 Å². The Balaban J connectivity index is 1.91. The average molecular weight is 301 g/mol. The van der Waals surface area contributed by atoms with Crippen LogP contribution in [0.1, 0.15) is 22.6 Å². The third-order valence-electron chi connectivity index (χ3n) is 4.18. The number of sulfone groups is 1. The van der Waals surface area contributed by atoms with Crippen molar-refractivity contribution in [3.05, 3.63) is 65.2 Å². The standard InChI is InChI=1S/C17H19NO2S/c1-11-3-7-13(8-4-11)15-16(18)17(15)21(19,20)14-9-5-12(2)6-10-14/h3-10,15-17H,18H2,1-2H3. The Hall–Kier alpha value is -1.65. The molecule has 3 unspecified atom stereocenters. The zero-order chi connectivity index (χ0) is 15.2. The molecule has 1 fully saturated rings. The molecule has 1 aliphatic rings. The van der Waals surface area contributed by atoms with E-state index < -0.39 is 15.1 Å². The quantitative estimate of drug-likeness (QED) is 0.948. The minimum Gasteiger partial charge on any atom is -0.326 e. The highest BCUT2D eigenvalue weighted by molar-refractivity contribution is 7.92. The number of nitrogens with two attached hydrogens (primary N) is 1. The highest BCUT2D eigenvalue weighted by Gasteiger charge is 2.56. The van der Waals surface area contributed by atoms with E-state index in [0.29, 0.717) is 4.90 Å². The topological polar surface area (TPSA) is 60.2 Å². The van der Waals surface area contributed by atoms with Crippen molar-refractivity contribution in [2.24, 2.45) is 5.73 Å². The van der Waals surface area contributed by atoms with Gasteiger partial charge in [-0.15, -0.1) is 0 Å². The van der Waals surface area contributed by atoms with Gasteiger partial charge in [0.1, 0.15) is 0 Å². The molecule has 0 amide bonds. The maximum atomic E-state index is 12.7. The molecule has 1 aliphatic carbocycles. The van der Waals surface area contributed by atoms with Crippen molar-refractivity contribution in [3.8, 4) is 0 Å². The van der Waals surface area contributed by atoms with E-state index in [0.717, 1.165) is 16.7 Å². The lowest BCUT2D eigenvalue weighted by molar-refractivity contribution is 0.593. The fraction of sp³-hybridized carbons (Fsp3) is 0.294. The van der Waals surface area contributed by atoms with E-state index in [4.69, 9.17) is 5.73 Å². The first-order chi connectivity index (χ1) is 9.91. The summed E-state index contributed by atoms with van der Waals surface area (Å²) in [7, 11) is -3.36. The third-order valence-corrected chi connectivity index (χ3v) is 6.43. The van der Waals surface area contributed by atoms with Crippen LogP contribution in [0.4, 0.5) is 0 Å². The predicted molar refractivity (Wildman–Crippen MR) is 84.0 cm³/mol. The van der Waals surface area contributed by atoms with Gasteiger partial charge >= 0.3 is 0 Å². The Bertz CT molecular complexity index is 748. The normalized spacial score (nSPS) is 24.8. The summed E-state index contributed by atoms with van der Waals surface area (Å²) in [6, 6.07) is 14.6. The summed E-state index contributed by atoms with van der Waals surface area (Å²) < 4.78 is 25.4. The van der Waals surface area contributed by atoms with Crippen molar-refractivity contribution in [2.45, 2.75) is 36.0 Å². The number of benzene rings is 2. The molecule has 0 heterocycles. The van der Waals surface area contributed by atoms with Gasteiger partial charge in [0.15, 0.2) is 9.84 Å². The van der Waals surface area contributed by atoms with Crippen LogP contribution in [-0.2, 0) is 9.84 Å². The summed E-state index contributed by atoms with van der Waals surface area (Å²) in [6.07, 6.45) is 0.